The Kier molecular flexibility index (Phi) is 9.46. The van der Waals surface area contributed by atoms with Gasteiger partial charge < -0.3 is 14.8 Å². The molecule has 0 spiro atoms. The number of imide groups is 1. The van der Waals surface area contributed by atoms with Crippen LogP contribution < -0.4 is 20.1 Å². The van der Waals surface area contributed by atoms with Crippen molar-refractivity contribution in [1.29, 1.82) is 0 Å². The Morgan fingerprint density at radius 1 is 1.17 bits per heavy atom. The van der Waals surface area contributed by atoms with E-state index in [1.165, 1.54) is 4.88 Å². The van der Waals surface area contributed by atoms with Crippen molar-refractivity contribution in [3.8, 4) is 11.5 Å². The molecule has 0 saturated carbocycles. The minimum absolute atomic E-state index is 0.129. The third kappa shape index (κ3) is 7.75. The van der Waals surface area contributed by atoms with E-state index in [0.29, 0.717) is 37.7 Å². The second-order valence-electron chi connectivity index (χ2n) is 6.35. The molecule has 7 nitrogen and oxygen atoms in total. The highest BCUT2D eigenvalue weighted by Crippen LogP contribution is 2.28. The molecule has 1 heterocycles. The van der Waals surface area contributed by atoms with Crippen molar-refractivity contribution in [3.05, 3.63) is 46.2 Å². The molecule has 0 bridgehead atoms. The van der Waals surface area contributed by atoms with Crippen LogP contribution in [0.5, 0.6) is 11.5 Å². The van der Waals surface area contributed by atoms with E-state index in [2.05, 4.69) is 10.6 Å². The first-order valence-electron chi connectivity index (χ1n) is 9.67. The van der Waals surface area contributed by atoms with Crippen molar-refractivity contribution in [2.24, 2.45) is 0 Å². The Balaban J connectivity index is 1.80. The number of amides is 3. The monoisotopic (exact) mass is 419 g/mol. The second-order valence-corrected chi connectivity index (χ2v) is 7.39. The smallest absolute Gasteiger partial charge is 0.321 e. The summed E-state index contributed by atoms with van der Waals surface area (Å²) >= 11 is 1.64. The van der Waals surface area contributed by atoms with Gasteiger partial charge in [-0.2, -0.15) is 0 Å². The third-order valence-corrected chi connectivity index (χ3v) is 5.17. The minimum Gasteiger partial charge on any atom is -0.493 e. The zero-order chi connectivity index (χ0) is 21.1. The van der Waals surface area contributed by atoms with Crippen LogP contribution in [0.15, 0.2) is 35.7 Å². The number of urea groups is 1. The van der Waals surface area contributed by atoms with Gasteiger partial charge in [-0.25, -0.2) is 4.79 Å². The van der Waals surface area contributed by atoms with Crippen molar-refractivity contribution < 1.29 is 19.1 Å². The summed E-state index contributed by atoms with van der Waals surface area (Å²) in [7, 11) is 1.60. The summed E-state index contributed by atoms with van der Waals surface area (Å²) in [4.78, 5) is 27.3. The van der Waals surface area contributed by atoms with Crippen molar-refractivity contribution in [2.45, 2.75) is 26.8 Å². The van der Waals surface area contributed by atoms with E-state index in [9.17, 15) is 9.59 Å². The number of hydrogen-bond donors (Lipinski definition) is 2. The van der Waals surface area contributed by atoms with Crippen LogP contribution in [-0.2, 0) is 17.8 Å². The number of likely N-dealkylation sites (N-methyl/N-ethyl adjacent to an activating group) is 1. The molecule has 0 fully saturated rings. The maximum atomic E-state index is 12.2. The lowest BCUT2D eigenvalue weighted by atomic mass is 10.2. The van der Waals surface area contributed by atoms with Crippen LogP contribution in [0.3, 0.4) is 0 Å². The van der Waals surface area contributed by atoms with Crippen LogP contribution in [0.4, 0.5) is 4.79 Å². The lowest BCUT2D eigenvalue weighted by Gasteiger charge is -2.20. The molecular weight excluding hydrogens is 390 g/mol. The van der Waals surface area contributed by atoms with Gasteiger partial charge in [0.1, 0.15) is 0 Å². The Hall–Kier alpha value is -2.58. The van der Waals surface area contributed by atoms with Crippen molar-refractivity contribution in [3.63, 3.8) is 0 Å². The first-order chi connectivity index (χ1) is 14.0. The molecule has 0 saturated heterocycles. The van der Waals surface area contributed by atoms with Crippen LogP contribution in [0.2, 0.25) is 0 Å². The van der Waals surface area contributed by atoms with Gasteiger partial charge in [0.25, 0.3) is 0 Å². The molecule has 8 heteroatoms. The Bertz CT molecular complexity index is 780. The molecular formula is C21H29N3O4S. The SMILES string of the molecule is CCOc1ccc(CN(CC)CC(=O)NC(=O)NCCc2cccs2)cc1OC. The quantitative estimate of drug-likeness (QED) is 0.585. The zero-order valence-corrected chi connectivity index (χ0v) is 18.0. The van der Waals surface area contributed by atoms with Gasteiger partial charge in [0.2, 0.25) is 5.91 Å². The molecule has 2 rings (SSSR count). The summed E-state index contributed by atoms with van der Waals surface area (Å²) in [5.74, 6) is 1.02. The predicted molar refractivity (Wildman–Crippen MR) is 115 cm³/mol. The molecule has 0 aliphatic rings. The summed E-state index contributed by atoms with van der Waals surface area (Å²) in [6.07, 6.45) is 0.750. The van der Waals surface area contributed by atoms with Gasteiger partial charge in [-0.15, -0.1) is 11.3 Å². The molecule has 29 heavy (non-hydrogen) atoms. The highest BCUT2D eigenvalue weighted by atomic mass is 32.1. The lowest BCUT2D eigenvalue weighted by Crippen LogP contribution is -2.44. The number of methoxy groups -OCH3 is 1. The number of nitrogens with zero attached hydrogens (tertiary/aromatic N) is 1. The molecule has 1 aromatic heterocycles. The number of benzene rings is 1. The summed E-state index contributed by atoms with van der Waals surface area (Å²) in [6.45, 7) is 6.30. The normalized spacial score (nSPS) is 10.6. The van der Waals surface area contributed by atoms with Crippen molar-refractivity contribution in [2.75, 3.05) is 33.4 Å². The molecule has 158 valence electrons. The van der Waals surface area contributed by atoms with Crippen LogP contribution in [0.25, 0.3) is 0 Å². The molecule has 3 amide bonds. The van der Waals surface area contributed by atoms with E-state index in [4.69, 9.17) is 9.47 Å². The number of nitrogens with one attached hydrogen (secondary N) is 2. The molecule has 0 atom stereocenters. The van der Waals surface area contributed by atoms with Gasteiger partial charge >= 0.3 is 6.03 Å². The second kappa shape index (κ2) is 12.1. The van der Waals surface area contributed by atoms with Gasteiger partial charge in [-0.1, -0.05) is 19.1 Å². The molecule has 0 radical (unpaired) electrons. The van der Waals surface area contributed by atoms with Crippen LogP contribution >= 0.6 is 11.3 Å². The topological polar surface area (TPSA) is 79.9 Å². The summed E-state index contributed by atoms with van der Waals surface area (Å²) in [5.41, 5.74) is 1.00. The lowest BCUT2D eigenvalue weighted by molar-refractivity contribution is -0.121. The fraction of sp³-hybridized carbons (Fsp3) is 0.429. The van der Waals surface area contributed by atoms with Crippen LogP contribution in [0.1, 0.15) is 24.3 Å². The molecule has 0 aliphatic carbocycles. The van der Waals surface area contributed by atoms with E-state index in [0.717, 1.165) is 12.0 Å². The van der Waals surface area contributed by atoms with Gasteiger partial charge in [0.15, 0.2) is 11.5 Å². The predicted octanol–water partition coefficient (Wildman–Crippen LogP) is 3.05. The van der Waals surface area contributed by atoms with Gasteiger partial charge in [-0.05, 0) is 49.0 Å². The number of hydrogen-bond acceptors (Lipinski definition) is 6. The first-order valence-corrected chi connectivity index (χ1v) is 10.6. The Morgan fingerprint density at radius 3 is 2.66 bits per heavy atom. The molecule has 0 unspecified atom stereocenters. The standard InChI is InChI=1S/C21H29N3O4S/c1-4-24(14-16-8-9-18(28-5-2)19(13-16)27-3)15-20(25)23-21(26)22-11-10-17-7-6-12-29-17/h6-9,12-13H,4-5,10-11,14-15H2,1-3H3,(H2,22,23,25,26). The molecule has 2 aromatic rings. The number of ether oxygens (including phenoxy) is 2. The Morgan fingerprint density at radius 2 is 2.00 bits per heavy atom. The van der Waals surface area contributed by atoms with E-state index in [1.54, 1.807) is 18.4 Å². The molecule has 2 N–H and O–H groups in total. The first kappa shape index (κ1) is 22.7. The van der Waals surface area contributed by atoms with Crippen LogP contribution in [0, 0.1) is 0 Å². The van der Waals surface area contributed by atoms with E-state index < -0.39 is 6.03 Å². The molecule has 1 aromatic carbocycles. The number of carbonyl (C=O) groups is 2. The average molecular weight is 420 g/mol. The minimum atomic E-state index is -0.467. The van der Waals surface area contributed by atoms with Crippen molar-refractivity contribution in [1.82, 2.24) is 15.5 Å². The van der Waals surface area contributed by atoms with Gasteiger partial charge in [-0.3, -0.25) is 15.0 Å². The van der Waals surface area contributed by atoms with Crippen molar-refractivity contribution >= 4 is 23.3 Å². The summed E-state index contributed by atoms with van der Waals surface area (Å²) in [6, 6.07) is 9.25. The summed E-state index contributed by atoms with van der Waals surface area (Å²) in [5, 5.41) is 7.10. The number of carbonyl (C=O) groups excluding carboxylic acids is 2. The highest BCUT2D eigenvalue weighted by molar-refractivity contribution is 7.09. The van der Waals surface area contributed by atoms with E-state index in [-0.39, 0.29) is 12.5 Å². The highest BCUT2D eigenvalue weighted by Gasteiger charge is 2.14. The fourth-order valence-electron chi connectivity index (χ4n) is 2.79. The fourth-order valence-corrected chi connectivity index (χ4v) is 3.50. The largest absolute Gasteiger partial charge is 0.493 e. The van der Waals surface area contributed by atoms with Crippen LogP contribution in [-0.4, -0.2) is 50.2 Å². The van der Waals surface area contributed by atoms with E-state index >= 15 is 0 Å². The number of thiophene rings is 1. The average Bonchev–Trinajstić information content (AvgIpc) is 3.22. The van der Waals surface area contributed by atoms with E-state index in [1.807, 2.05) is 54.5 Å². The third-order valence-electron chi connectivity index (χ3n) is 4.24. The summed E-state index contributed by atoms with van der Waals surface area (Å²) < 4.78 is 10.9. The molecule has 0 aliphatic heterocycles. The number of rotatable bonds is 11. The Labute approximate surface area is 176 Å². The maximum absolute atomic E-state index is 12.2. The van der Waals surface area contributed by atoms with Gasteiger partial charge in [0, 0.05) is 18.0 Å². The zero-order valence-electron chi connectivity index (χ0n) is 17.2. The maximum Gasteiger partial charge on any atom is 0.321 e. The van der Waals surface area contributed by atoms with Gasteiger partial charge in [0.05, 0.1) is 20.3 Å².